The van der Waals surface area contributed by atoms with Crippen LogP contribution in [-0.4, -0.2) is 65.4 Å². The fraction of sp³-hybridized carbons (Fsp3) is 0.375. The minimum atomic E-state index is -0.827. The van der Waals surface area contributed by atoms with Crippen molar-refractivity contribution in [3.63, 3.8) is 0 Å². The van der Waals surface area contributed by atoms with Crippen LogP contribution in [0.5, 0.6) is 0 Å². The quantitative estimate of drug-likeness (QED) is 0.457. The predicted molar refractivity (Wildman–Crippen MR) is 93.9 cm³/mol. The molecule has 0 saturated carbocycles. The highest BCUT2D eigenvalue weighted by Crippen LogP contribution is 2.17. The summed E-state index contributed by atoms with van der Waals surface area (Å²) in [6.07, 6.45) is 1.46. The second-order valence-electron chi connectivity index (χ2n) is 5.29. The molecule has 2 aromatic heterocycles. The number of hydrogen-bond acceptors (Lipinski definition) is 8. The topological polar surface area (TPSA) is 127 Å². The van der Waals surface area contributed by atoms with Crippen molar-refractivity contribution >= 4 is 35.3 Å². The lowest BCUT2D eigenvalue weighted by atomic mass is 10.1. The fourth-order valence-corrected chi connectivity index (χ4v) is 2.01. The third-order valence-corrected chi connectivity index (χ3v) is 3.04. The largest absolute Gasteiger partial charge is 0.462 e. The van der Waals surface area contributed by atoms with Gasteiger partial charge in [-0.05, 0) is 19.9 Å². The lowest BCUT2D eigenvalue weighted by Gasteiger charge is -2.09. The van der Waals surface area contributed by atoms with Gasteiger partial charge in [0.2, 0.25) is 5.95 Å². The number of esters is 2. The minimum Gasteiger partial charge on any atom is -0.462 e. The molecule has 0 fully saturated rings. The summed E-state index contributed by atoms with van der Waals surface area (Å²) in [6, 6.07) is 1.27. The van der Waals surface area contributed by atoms with E-state index >= 15 is 0 Å². The number of ether oxygens (including phenoxy) is 2. The summed E-state index contributed by atoms with van der Waals surface area (Å²) in [7, 11) is 3.52. The molecule has 2 heterocycles. The molecule has 2 aromatic rings. The average molecular weight is 361 g/mol. The lowest BCUT2D eigenvalue weighted by Crippen LogP contribution is -2.19. The number of H-pyrrole nitrogens is 1. The van der Waals surface area contributed by atoms with Gasteiger partial charge in [-0.15, -0.1) is 0 Å². The molecule has 10 nitrogen and oxygen atoms in total. The Morgan fingerprint density at radius 3 is 2.46 bits per heavy atom. The molecule has 0 aliphatic heterocycles. The third kappa shape index (κ3) is 4.21. The number of pyridine rings is 1. The Morgan fingerprint density at radius 2 is 1.85 bits per heavy atom. The van der Waals surface area contributed by atoms with E-state index in [9.17, 15) is 14.4 Å². The number of hydrogen-bond donors (Lipinski definition) is 1. The van der Waals surface area contributed by atoms with Crippen molar-refractivity contribution in [1.82, 2.24) is 19.9 Å². The summed E-state index contributed by atoms with van der Waals surface area (Å²) >= 11 is 0. The highest BCUT2D eigenvalue weighted by Gasteiger charge is 2.23. The Morgan fingerprint density at radius 1 is 1.19 bits per heavy atom. The van der Waals surface area contributed by atoms with E-state index < -0.39 is 17.5 Å². The van der Waals surface area contributed by atoms with Crippen LogP contribution in [0.4, 0.5) is 5.95 Å². The molecule has 0 aliphatic rings. The molecule has 26 heavy (non-hydrogen) atoms. The van der Waals surface area contributed by atoms with Crippen LogP contribution in [0.15, 0.2) is 15.9 Å². The van der Waals surface area contributed by atoms with Gasteiger partial charge in [0.15, 0.2) is 11.2 Å². The van der Waals surface area contributed by atoms with E-state index in [2.05, 4.69) is 19.9 Å². The highest BCUT2D eigenvalue weighted by atomic mass is 16.5. The second kappa shape index (κ2) is 8.19. The fourth-order valence-electron chi connectivity index (χ4n) is 2.01. The van der Waals surface area contributed by atoms with Crippen molar-refractivity contribution in [2.75, 3.05) is 27.3 Å². The van der Waals surface area contributed by atoms with Crippen LogP contribution < -0.4 is 5.56 Å². The molecule has 0 unspecified atom stereocenters. The predicted octanol–water partition coefficient (Wildman–Crippen LogP) is 0.893. The summed E-state index contributed by atoms with van der Waals surface area (Å²) in [6.45, 7) is 3.45. The van der Waals surface area contributed by atoms with Crippen molar-refractivity contribution < 1.29 is 19.1 Å². The molecule has 0 bridgehead atoms. The van der Waals surface area contributed by atoms with E-state index in [4.69, 9.17) is 9.47 Å². The number of nitrogens with one attached hydrogen (secondary N) is 1. The number of aromatic amines is 1. The molecule has 1 N–H and O–H groups in total. The molecule has 10 heteroatoms. The lowest BCUT2D eigenvalue weighted by molar-refractivity contribution is 0.0474. The Balaban J connectivity index is 2.68. The first-order valence-corrected chi connectivity index (χ1v) is 7.87. The smallest absolute Gasteiger partial charge is 0.357 e. The first-order valence-electron chi connectivity index (χ1n) is 7.87. The summed E-state index contributed by atoms with van der Waals surface area (Å²) in [5.74, 6) is -1.55. The van der Waals surface area contributed by atoms with Crippen molar-refractivity contribution in [2.24, 2.45) is 4.99 Å². The molecule has 0 amide bonds. The number of nitrogens with zero attached hydrogens (tertiary/aromatic N) is 4. The van der Waals surface area contributed by atoms with Gasteiger partial charge in [0.05, 0.1) is 30.6 Å². The van der Waals surface area contributed by atoms with Gasteiger partial charge in [0, 0.05) is 14.1 Å². The van der Waals surface area contributed by atoms with Crippen LogP contribution in [-0.2, 0) is 9.47 Å². The van der Waals surface area contributed by atoms with Gasteiger partial charge < -0.3 is 14.4 Å². The number of carbonyl (C=O) groups excluding carboxylic acids is 2. The van der Waals surface area contributed by atoms with Crippen LogP contribution in [0.1, 0.15) is 34.7 Å². The van der Waals surface area contributed by atoms with Crippen LogP contribution in [0.2, 0.25) is 0 Å². The zero-order chi connectivity index (χ0) is 19.3. The van der Waals surface area contributed by atoms with E-state index in [1.54, 1.807) is 32.8 Å². The molecule has 0 aromatic carbocycles. The van der Waals surface area contributed by atoms with Gasteiger partial charge in [-0.25, -0.2) is 24.5 Å². The molecule has 0 atom stereocenters. The van der Waals surface area contributed by atoms with E-state index in [1.165, 1.54) is 12.4 Å². The molecule has 0 radical (unpaired) electrons. The molecule has 0 saturated heterocycles. The van der Waals surface area contributed by atoms with E-state index in [0.717, 1.165) is 0 Å². The molecular formula is C16H19N5O5. The minimum absolute atomic E-state index is 0.0386. The number of carbonyl (C=O) groups is 2. The summed E-state index contributed by atoms with van der Waals surface area (Å²) in [4.78, 5) is 52.8. The highest BCUT2D eigenvalue weighted by molar-refractivity contribution is 6.04. The van der Waals surface area contributed by atoms with E-state index in [-0.39, 0.29) is 41.5 Å². The first kappa shape index (κ1) is 19.0. The Labute approximate surface area is 148 Å². The van der Waals surface area contributed by atoms with Crippen molar-refractivity contribution in [3.8, 4) is 0 Å². The van der Waals surface area contributed by atoms with Crippen molar-refractivity contribution in [2.45, 2.75) is 13.8 Å². The van der Waals surface area contributed by atoms with Crippen molar-refractivity contribution in [3.05, 3.63) is 27.7 Å². The first-order chi connectivity index (χ1) is 12.4. The summed E-state index contributed by atoms with van der Waals surface area (Å²) in [5, 5.41) is 0. The summed E-state index contributed by atoms with van der Waals surface area (Å²) in [5.41, 5.74) is -1.02. The third-order valence-electron chi connectivity index (χ3n) is 3.04. The number of fused-ring (bicyclic) bond motifs is 1. The molecule has 0 aliphatic carbocycles. The monoisotopic (exact) mass is 361 g/mol. The molecule has 138 valence electrons. The zero-order valence-corrected chi connectivity index (χ0v) is 14.9. The summed E-state index contributed by atoms with van der Waals surface area (Å²) < 4.78 is 9.85. The van der Waals surface area contributed by atoms with Gasteiger partial charge in [0.1, 0.15) is 0 Å². The van der Waals surface area contributed by atoms with Crippen LogP contribution in [0.3, 0.4) is 0 Å². The Bertz CT molecular complexity index is 919. The molecular weight excluding hydrogens is 342 g/mol. The second-order valence-corrected chi connectivity index (χ2v) is 5.29. The average Bonchev–Trinajstić information content (AvgIpc) is 2.59. The standard InChI is InChI=1S/C16H19N5O5/c1-5-25-14(23)9-7-10-12(19-11(9)15(24)26-6-2)13(22)20-16(18-10)17-8-21(3)4/h7-8H,5-6H2,1-4H3,(H,18,20,22)/b17-8+. The SMILES string of the molecule is CCOC(=O)c1cc2nc(/N=C/N(C)C)[nH]c(=O)c2nc1C(=O)OCC. The number of aliphatic imine (C=N–C) groups is 1. The normalized spacial score (nSPS) is 10.9. The Hall–Kier alpha value is -3.30. The van der Waals surface area contributed by atoms with Crippen LogP contribution in [0.25, 0.3) is 11.0 Å². The Kier molecular flexibility index (Phi) is 5.99. The van der Waals surface area contributed by atoms with E-state index in [1.807, 2.05) is 0 Å². The van der Waals surface area contributed by atoms with Gasteiger partial charge in [-0.1, -0.05) is 0 Å². The molecule has 2 rings (SSSR count). The van der Waals surface area contributed by atoms with Gasteiger partial charge >= 0.3 is 11.9 Å². The number of aromatic nitrogens is 3. The van der Waals surface area contributed by atoms with Crippen LogP contribution >= 0.6 is 0 Å². The van der Waals surface area contributed by atoms with Gasteiger partial charge in [-0.2, -0.15) is 0 Å². The molecule has 0 spiro atoms. The maximum Gasteiger partial charge on any atom is 0.357 e. The zero-order valence-electron chi connectivity index (χ0n) is 14.9. The maximum atomic E-state index is 12.3. The number of rotatable bonds is 6. The van der Waals surface area contributed by atoms with Gasteiger partial charge in [0.25, 0.3) is 5.56 Å². The van der Waals surface area contributed by atoms with Crippen LogP contribution in [0, 0.1) is 0 Å². The van der Waals surface area contributed by atoms with Crippen molar-refractivity contribution in [1.29, 1.82) is 0 Å². The maximum absolute atomic E-state index is 12.3. The van der Waals surface area contributed by atoms with Gasteiger partial charge in [-0.3, -0.25) is 9.78 Å². The van der Waals surface area contributed by atoms with E-state index in [0.29, 0.717) is 0 Å².